The highest BCUT2D eigenvalue weighted by Crippen LogP contribution is 2.28. The van der Waals surface area contributed by atoms with Crippen molar-refractivity contribution in [2.45, 2.75) is 24.6 Å². The van der Waals surface area contributed by atoms with E-state index in [0.717, 1.165) is 23.1 Å². The van der Waals surface area contributed by atoms with Crippen LogP contribution in [0, 0.1) is 0 Å². The molecule has 96 valence electrons. The number of carbonyl (C=O) groups excluding carboxylic acids is 1. The third kappa shape index (κ3) is 3.22. The lowest BCUT2D eigenvalue weighted by atomic mass is 10.2. The number of rotatable bonds is 4. The Hall–Kier alpha value is -0.650. The minimum Gasteiger partial charge on any atom is -0.301 e. The summed E-state index contributed by atoms with van der Waals surface area (Å²) in [5.74, 6) is -0.0537. The number of alkyl halides is 1. The maximum absolute atomic E-state index is 11.8. The molecular weight excluding hydrogens is 336 g/mol. The number of fused-ring (bicyclic) bond motifs is 1. The monoisotopic (exact) mass is 346 g/mol. The van der Waals surface area contributed by atoms with E-state index in [0.29, 0.717) is 10.2 Å². The minimum atomic E-state index is -0.168. The van der Waals surface area contributed by atoms with Crippen molar-refractivity contribution in [3.8, 4) is 0 Å². The zero-order chi connectivity index (χ0) is 13.1. The number of aromatic nitrogens is 1. The second-order valence-corrected chi connectivity index (χ2v) is 6.45. The predicted molar refractivity (Wildman–Crippen MR) is 80.9 cm³/mol. The Morgan fingerprint density at radius 1 is 1.61 bits per heavy atom. The molecule has 1 heterocycles. The standard InChI is InChI=1S/C12H12BrClN2OS/c1-2-3-8(13)11(17)16-12-15-9-5-4-7(14)6-10(9)18-12/h4-6,8H,2-3H2,1H3,(H,15,16,17)/t8-/m0/s1. The number of hydrogen-bond acceptors (Lipinski definition) is 3. The van der Waals surface area contributed by atoms with Gasteiger partial charge in [0.2, 0.25) is 5.91 Å². The number of thiazole rings is 1. The van der Waals surface area contributed by atoms with Crippen molar-refractivity contribution in [2.75, 3.05) is 5.32 Å². The topological polar surface area (TPSA) is 42.0 Å². The Morgan fingerprint density at radius 2 is 2.39 bits per heavy atom. The number of nitrogens with zero attached hydrogens (tertiary/aromatic N) is 1. The van der Waals surface area contributed by atoms with E-state index < -0.39 is 0 Å². The van der Waals surface area contributed by atoms with Gasteiger partial charge >= 0.3 is 0 Å². The van der Waals surface area contributed by atoms with E-state index >= 15 is 0 Å². The summed E-state index contributed by atoms with van der Waals surface area (Å²) in [5, 5.41) is 4.10. The highest BCUT2D eigenvalue weighted by atomic mass is 79.9. The molecule has 3 nitrogen and oxygen atoms in total. The van der Waals surface area contributed by atoms with E-state index in [1.807, 2.05) is 19.1 Å². The normalized spacial score (nSPS) is 12.6. The summed E-state index contributed by atoms with van der Waals surface area (Å²) in [5.41, 5.74) is 0.848. The molecule has 6 heteroatoms. The van der Waals surface area contributed by atoms with Gasteiger partial charge in [-0.3, -0.25) is 4.79 Å². The van der Waals surface area contributed by atoms with Crippen molar-refractivity contribution < 1.29 is 4.79 Å². The number of carbonyl (C=O) groups is 1. The Labute approximate surface area is 123 Å². The van der Waals surface area contributed by atoms with Crippen molar-refractivity contribution in [1.82, 2.24) is 4.98 Å². The van der Waals surface area contributed by atoms with Gasteiger partial charge in [0.15, 0.2) is 5.13 Å². The van der Waals surface area contributed by atoms with Crippen LogP contribution in [0.5, 0.6) is 0 Å². The van der Waals surface area contributed by atoms with Crippen molar-refractivity contribution in [2.24, 2.45) is 0 Å². The van der Waals surface area contributed by atoms with Gasteiger partial charge < -0.3 is 5.32 Å². The van der Waals surface area contributed by atoms with E-state index in [4.69, 9.17) is 11.6 Å². The molecule has 1 aromatic carbocycles. The average molecular weight is 348 g/mol. The fourth-order valence-corrected chi connectivity index (χ4v) is 3.24. The maximum Gasteiger partial charge on any atom is 0.239 e. The quantitative estimate of drug-likeness (QED) is 0.830. The van der Waals surface area contributed by atoms with E-state index in [9.17, 15) is 4.79 Å². The molecule has 0 saturated heterocycles. The number of halogens is 2. The van der Waals surface area contributed by atoms with Gasteiger partial charge in [0.25, 0.3) is 0 Å². The van der Waals surface area contributed by atoms with Crippen LogP contribution < -0.4 is 5.32 Å². The first-order valence-corrected chi connectivity index (χ1v) is 7.72. The average Bonchev–Trinajstić information content (AvgIpc) is 2.70. The summed E-state index contributed by atoms with van der Waals surface area (Å²) in [6.45, 7) is 2.04. The molecule has 1 atom stereocenters. The Morgan fingerprint density at radius 3 is 3.11 bits per heavy atom. The van der Waals surface area contributed by atoms with Gasteiger partial charge in [-0.1, -0.05) is 52.2 Å². The third-order valence-corrected chi connectivity index (χ3v) is 4.45. The molecule has 0 aliphatic carbocycles. The van der Waals surface area contributed by atoms with Crippen molar-refractivity contribution in [3.05, 3.63) is 23.2 Å². The molecule has 0 bridgehead atoms. The molecule has 2 aromatic rings. The van der Waals surface area contributed by atoms with Gasteiger partial charge in [-0.05, 0) is 24.6 Å². The van der Waals surface area contributed by atoms with Gasteiger partial charge in [0.1, 0.15) is 0 Å². The number of nitrogens with one attached hydrogen (secondary N) is 1. The number of benzene rings is 1. The SMILES string of the molecule is CCC[C@H](Br)C(=O)Nc1nc2ccc(Cl)cc2s1. The number of anilines is 1. The van der Waals surface area contributed by atoms with Gasteiger partial charge in [-0.2, -0.15) is 0 Å². The largest absolute Gasteiger partial charge is 0.301 e. The first-order valence-electron chi connectivity index (χ1n) is 5.61. The first kappa shape index (κ1) is 13.8. The van der Waals surface area contributed by atoms with Gasteiger partial charge in [-0.25, -0.2) is 4.98 Å². The summed E-state index contributed by atoms with van der Waals surface area (Å²) in [6, 6.07) is 5.49. The first-order chi connectivity index (χ1) is 8.60. The molecule has 0 saturated carbocycles. The highest BCUT2D eigenvalue weighted by Gasteiger charge is 2.15. The van der Waals surface area contributed by atoms with Crippen molar-refractivity contribution >= 4 is 60.1 Å². The van der Waals surface area contributed by atoms with Gasteiger partial charge in [-0.15, -0.1) is 0 Å². The molecule has 0 spiro atoms. The van der Waals surface area contributed by atoms with Crippen LogP contribution in [-0.2, 0) is 4.79 Å². The third-order valence-electron chi connectivity index (χ3n) is 2.41. The molecule has 0 aliphatic heterocycles. The molecule has 0 aliphatic rings. The summed E-state index contributed by atoms with van der Waals surface area (Å²) >= 11 is 10.7. The zero-order valence-corrected chi connectivity index (χ0v) is 12.9. The van der Waals surface area contributed by atoms with E-state index in [1.54, 1.807) is 6.07 Å². The van der Waals surface area contributed by atoms with E-state index in [2.05, 4.69) is 26.2 Å². The molecule has 0 radical (unpaired) electrons. The van der Waals surface area contributed by atoms with Crippen LogP contribution in [0.15, 0.2) is 18.2 Å². The Kier molecular flexibility index (Phi) is 4.59. The Bertz CT molecular complexity index is 572. The summed E-state index contributed by atoms with van der Waals surface area (Å²) in [6.07, 6.45) is 1.77. The molecule has 1 aromatic heterocycles. The molecular formula is C12H12BrClN2OS. The maximum atomic E-state index is 11.8. The zero-order valence-electron chi connectivity index (χ0n) is 9.74. The molecule has 0 fully saturated rings. The van der Waals surface area contributed by atoms with Crippen molar-refractivity contribution in [1.29, 1.82) is 0 Å². The predicted octanol–water partition coefficient (Wildman–Crippen LogP) is 4.45. The van der Waals surface area contributed by atoms with Crippen LogP contribution in [0.3, 0.4) is 0 Å². The lowest BCUT2D eigenvalue weighted by Gasteiger charge is -2.06. The summed E-state index contributed by atoms with van der Waals surface area (Å²) in [7, 11) is 0. The van der Waals surface area contributed by atoms with Crippen LogP contribution in [0.25, 0.3) is 10.2 Å². The highest BCUT2D eigenvalue weighted by molar-refractivity contribution is 9.10. The molecule has 1 amide bonds. The van der Waals surface area contributed by atoms with Crippen LogP contribution in [0.2, 0.25) is 5.02 Å². The van der Waals surface area contributed by atoms with Crippen LogP contribution >= 0.6 is 38.9 Å². The molecule has 18 heavy (non-hydrogen) atoms. The second-order valence-electron chi connectivity index (χ2n) is 3.88. The van der Waals surface area contributed by atoms with Gasteiger partial charge in [0, 0.05) is 5.02 Å². The number of amides is 1. The fourth-order valence-electron chi connectivity index (χ4n) is 1.52. The van der Waals surface area contributed by atoms with Crippen LogP contribution in [0.4, 0.5) is 5.13 Å². The van der Waals surface area contributed by atoms with Gasteiger partial charge in [0.05, 0.1) is 15.0 Å². The Balaban J connectivity index is 2.14. The minimum absolute atomic E-state index is 0.0537. The lowest BCUT2D eigenvalue weighted by molar-refractivity contribution is -0.115. The second kappa shape index (κ2) is 5.99. The van der Waals surface area contributed by atoms with E-state index in [1.165, 1.54) is 11.3 Å². The molecule has 1 N–H and O–H groups in total. The fraction of sp³-hybridized carbons (Fsp3) is 0.333. The molecule has 0 unspecified atom stereocenters. The van der Waals surface area contributed by atoms with Crippen LogP contribution in [-0.4, -0.2) is 15.7 Å². The summed E-state index contributed by atoms with van der Waals surface area (Å²) in [4.78, 5) is 16.0. The lowest BCUT2D eigenvalue weighted by Crippen LogP contribution is -2.22. The number of hydrogen-bond donors (Lipinski definition) is 1. The van der Waals surface area contributed by atoms with Crippen molar-refractivity contribution in [3.63, 3.8) is 0 Å². The molecule has 2 rings (SSSR count). The summed E-state index contributed by atoms with van der Waals surface area (Å²) < 4.78 is 0.972. The smallest absolute Gasteiger partial charge is 0.239 e. The van der Waals surface area contributed by atoms with Crippen LogP contribution in [0.1, 0.15) is 19.8 Å². The van der Waals surface area contributed by atoms with E-state index in [-0.39, 0.29) is 10.7 Å².